The molecule has 3 heterocycles. The summed E-state index contributed by atoms with van der Waals surface area (Å²) in [5.41, 5.74) is 2.43. The summed E-state index contributed by atoms with van der Waals surface area (Å²) in [7, 11) is 0. The Balaban J connectivity index is 1.88. The van der Waals surface area contributed by atoms with Crippen LogP contribution in [0.4, 0.5) is 0 Å². The van der Waals surface area contributed by atoms with Crippen molar-refractivity contribution in [2.45, 2.75) is 10.1 Å². The highest BCUT2D eigenvalue weighted by Crippen LogP contribution is 2.22. The maximum atomic E-state index is 11.7. The molecule has 17 heavy (non-hydrogen) atoms. The Kier molecular flexibility index (Phi) is 2.91. The lowest BCUT2D eigenvalue weighted by molar-refractivity contribution is 1.01. The topological polar surface area (TPSA) is 60.2 Å². The van der Waals surface area contributed by atoms with Gasteiger partial charge in [0.1, 0.15) is 5.51 Å². The molecule has 0 radical (unpaired) electrons. The summed E-state index contributed by atoms with van der Waals surface area (Å²) in [6.45, 7) is 0. The molecule has 0 aromatic carbocycles. The van der Waals surface area contributed by atoms with Crippen molar-refractivity contribution in [3.63, 3.8) is 0 Å². The average Bonchev–Trinajstić information content (AvgIpc) is 2.97. The van der Waals surface area contributed by atoms with Gasteiger partial charge in [0.15, 0.2) is 9.30 Å². The van der Waals surface area contributed by atoms with Crippen molar-refractivity contribution in [1.29, 1.82) is 0 Å². The predicted octanol–water partition coefficient (Wildman–Crippen LogP) is 1.90. The predicted molar refractivity (Wildman–Crippen MR) is 68.8 cm³/mol. The van der Waals surface area contributed by atoms with Gasteiger partial charge in [0.05, 0.1) is 5.69 Å². The maximum absolute atomic E-state index is 11.7. The molecule has 0 N–H and O–H groups in total. The Morgan fingerprint density at radius 3 is 3.18 bits per heavy atom. The lowest BCUT2D eigenvalue weighted by Crippen LogP contribution is -2.12. The minimum absolute atomic E-state index is 0.0379. The van der Waals surface area contributed by atoms with Crippen LogP contribution in [0.2, 0.25) is 0 Å². The van der Waals surface area contributed by atoms with Gasteiger partial charge in [0.2, 0.25) is 0 Å². The number of hydrogen-bond acceptors (Lipinski definition) is 7. The lowest BCUT2D eigenvalue weighted by atomic mass is 10.4. The molecule has 0 atom stereocenters. The third-order valence-corrected chi connectivity index (χ3v) is 4.69. The van der Waals surface area contributed by atoms with Crippen LogP contribution in [-0.2, 0) is 5.75 Å². The molecule has 0 aliphatic heterocycles. The molecule has 5 nitrogen and oxygen atoms in total. The van der Waals surface area contributed by atoms with Gasteiger partial charge in [-0.1, -0.05) is 23.1 Å². The Labute approximate surface area is 108 Å². The quantitative estimate of drug-likeness (QED) is 0.687. The maximum Gasteiger partial charge on any atom is 0.258 e. The molecule has 0 aliphatic carbocycles. The van der Waals surface area contributed by atoms with Crippen LogP contribution in [0.25, 0.3) is 4.96 Å². The van der Waals surface area contributed by atoms with Gasteiger partial charge in [-0.15, -0.1) is 21.5 Å². The van der Waals surface area contributed by atoms with Crippen LogP contribution in [0.5, 0.6) is 0 Å². The van der Waals surface area contributed by atoms with Crippen LogP contribution in [0.1, 0.15) is 5.69 Å². The van der Waals surface area contributed by atoms with Crippen LogP contribution in [0.3, 0.4) is 0 Å². The molecule has 0 aliphatic rings. The van der Waals surface area contributed by atoms with E-state index in [1.165, 1.54) is 34.4 Å². The largest absolute Gasteiger partial charge is 0.269 e. The molecule has 0 saturated heterocycles. The summed E-state index contributed by atoms with van der Waals surface area (Å²) in [6.07, 6.45) is 1.73. The van der Waals surface area contributed by atoms with Gasteiger partial charge in [-0.05, 0) is 0 Å². The van der Waals surface area contributed by atoms with Crippen molar-refractivity contribution >= 4 is 39.4 Å². The van der Waals surface area contributed by atoms with E-state index in [0.717, 1.165) is 15.0 Å². The fraction of sp³-hybridized carbons (Fsp3) is 0.111. The Bertz CT molecular complexity index is 688. The summed E-state index contributed by atoms with van der Waals surface area (Å²) in [5, 5.41) is 9.54. The van der Waals surface area contributed by atoms with Gasteiger partial charge in [0.25, 0.3) is 5.56 Å². The fourth-order valence-electron chi connectivity index (χ4n) is 1.32. The van der Waals surface area contributed by atoms with Gasteiger partial charge in [0, 0.05) is 23.4 Å². The Morgan fingerprint density at radius 1 is 1.41 bits per heavy atom. The standard InChI is InChI=1S/C9H6N4OS3/c14-7-3-6(4-16-9-12-10-5-17-9)11-8-13(7)1-2-15-8/h1-3,5H,4H2. The SMILES string of the molecule is O=c1cc(CSc2nncs2)nc2sccn12. The van der Waals surface area contributed by atoms with Crippen LogP contribution in [-0.4, -0.2) is 19.6 Å². The van der Waals surface area contributed by atoms with Gasteiger partial charge in [-0.3, -0.25) is 9.20 Å². The van der Waals surface area contributed by atoms with Crippen molar-refractivity contribution in [2.75, 3.05) is 0 Å². The summed E-state index contributed by atoms with van der Waals surface area (Å²) in [5.74, 6) is 0.638. The molecule has 3 aromatic heterocycles. The first-order valence-corrected chi connectivity index (χ1v) is 7.42. The zero-order valence-corrected chi connectivity index (χ0v) is 10.9. The minimum Gasteiger partial charge on any atom is -0.269 e. The highest BCUT2D eigenvalue weighted by Gasteiger charge is 2.05. The van der Waals surface area contributed by atoms with E-state index >= 15 is 0 Å². The number of thioether (sulfide) groups is 1. The van der Waals surface area contributed by atoms with E-state index in [0.29, 0.717) is 5.75 Å². The summed E-state index contributed by atoms with van der Waals surface area (Å²) in [4.78, 5) is 16.9. The second-order valence-corrected chi connectivity index (χ2v) is 6.06. The molecule has 0 unspecified atom stereocenters. The number of hydrogen-bond donors (Lipinski definition) is 0. The zero-order chi connectivity index (χ0) is 11.7. The molecular weight excluding hydrogens is 276 g/mol. The summed E-state index contributed by atoms with van der Waals surface area (Å²) < 4.78 is 2.43. The molecule has 86 valence electrons. The fourth-order valence-corrected chi connectivity index (χ4v) is 3.44. The van der Waals surface area contributed by atoms with Gasteiger partial charge in [-0.25, -0.2) is 4.98 Å². The Hall–Kier alpha value is -1.25. The third kappa shape index (κ3) is 2.24. The number of aromatic nitrogens is 4. The molecule has 3 aromatic rings. The number of rotatable bonds is 3. The number of thiazole rings is 1. The molecule has 0 bridgehead atoms. The number of fused-ring (bicyclic) bond motifs is 1. The van der Waals surface area contributed by atoms with Gasteiger partial charge < -0.3 is 0 Å². The first-order chi connectivity index (χ1) is 8.33. The Morgan fingerprint density at radius 2 is 2.35 bits per heavy atom. The third-order valence-electron chi connectivity index (χ3n) is 2.04. The van der Waals surface area contributed by atoms with Crippen molar-refractivity contribution in [3.05, 3.63) is 39.2 Å². The first-order valence-electron chi connectivity index (χ1n) is 4.68. The molecule has 0 saturated carbocycles. The van der Waals surface area contributed by atoms with Crippen LogP contribution >= 0.6 is 34.4 Å². The minimum atomic E-state index is -0.0379. The zero-order valence-electron chi connectivity index (χ0n) is 8.44. The van der Waals surface area contributed by atoms with Crippen molar-refractivity contribution in [3.8, 4) is 0 Å². The molecule has 0 amide bonds. The van der Waals surface area contributed by atoms with Crippen LogP contribution in [0, 0.1) is 0 Å². The van der Waals surface area contributed by atoms with Crippen LogP contribution < -0.4 is 5.56 Å². The second kappa shape index (κ2) is 4.55. The van der Waals surface area contributed by atoms with Crippen molar-refractivity contribution < 1.29 is 0 Å². The first kappa shape index (κ1) is 10.9. The van der Waals surface area contributed by atoms with E-state index in [4.69, 9.17) is 0 Å². The van der Waals surface area contributed by atoms with Crippen molar-refractivity contribution in [1.82, 2.24) is 19.6 Å². The number of nitrogens with zero attached hydrogens (tertiary/aromatic N) is 4. The highest BCUT2D eigenvalue weighted by molar-refractivity contribution is 8.00. The van der Waals surface area contributed by atoms with E-state index in [1.807, 2.05) is 5.38 Å². The smallest absolute Gasteiger partial charge is 0.258 e. The van der Waals surface area contributed by atoms with Gasteiger partial charge in [-0.2, -0.15) is 0 Å². The monoisotopic (exact) mass is 282 g/mol. The lowest BCUT2D eigenvalue weighted by Gasteiger charge is -1.98. The normalized spacial score (nSPS) is 11.1. The van der Waals surface area contributed by atoms with E-state index in [9.17, 15) is 4.79 Å². The molecule has 3 rings (SSSR count). The molecule has 0 spiro atoms. The van der Waals surface area contributed by atoms with E-state index in [1.54, 1.807) is 22.2 Å². The van der Waals surface area contributed by atoms with Gasteiger partial charge >= 0.3 is 0 Å². The second-order valence-electron chi connectivity index (χ2n) is 3.13. The molecular formula is C9H6N4OS3. The highest BCUT2D eigenvalue weighted by atomic mass is 32.2. The van der Waals surface area contributed by atoms with Crippen LogP contribution in [0.15, 0.2) is 32.3 Å². The molecule has 0 fully saturated rings. The summed E-state index contributed by atoms with van der Waals surface area (Å²) >= 11 is 4.48. The average molecular weight is 282 g/mol. The van der Waals surface area contributed by atoms with E-state index in [-0.39, 0.29) is 5.56 Å². The van der Waals surface area contributed by atoms with Crippen molar-refractivity contribution in [2.24, 2.45) is 0 Å². The van der Waals surface area contributed by atoms with E-state index in [2.05, 4.69) is 15.2 Å². The van der Waals surface area contributed by atoms with E-state index < -0.39 is 0 Å². The molecule has 8 heteroatoms. The summed E-state index contributed by atoms with van der Waals surface area (Å²) in [6, 6.07) is 1.56.